The highest BCUT2D eigenvalue weighted by Gasteiger charge is 2.17. The summed E-state index contributed by atoms with van der Waals surface area (Å²) in [6.07, 6.45) is 0. The van der Waals surface area contributed by atoms with Gasteiger partial charge in [-0.1, -0.05) is 18.2 Å². The molecule has 0 unspecified atom stereocenters. The largest absolute Gasteiger partial charge is 0.496 e. The minimum atomic E-state index is 0.775. The minimum absolute atomic E-state index is 0.775. The molecule has 0 aliphatic rings. The molecule has 0 spiro atoms. The fourth-order valence-electron chi connectivity index (χ4n) is 2.34. The van der Waals surface area contributed by atoms with Gasteiger partial charge < -0.3 is 13.9 Å². The highest BCUT2D eigenvalue weighted by Crippen LogP contribution is 2.41. The van der Waals surface area contributed by atoms with Gasteiger partial charge in [-0.05, 0) is 13.0 Å². The number of ether oxygens (including phenoxy) is 2. The Balaban J connectivity index is 2.54. The van der Waals surface area contributed by atoms with Gasteiger partial charge in [0.05, 0.1) is 19.6 Å². The van der Waals surface area contributed by atoms with Gasteiger partial charge in [0.15, 0.2) is 0 Å². The zero-order valence-electron chi connectivity index (χ0n) is 10.6. The summed E-state index contributed by atoms with van der Waals surface area (Å²) in [7, 11) is 3.31. The van der Waals surface area contributed by atoms with E-state index in [9.17, 15) is 0 Å². The van der Waals surface area contributed by atoms with Crippen molar-refractivity contribution in [2.75, 3.05) is 14.2 Å². The van der Waals surface area contributed by atoms with Gasteiger partial charge in [0.1, 0.15) is 22.7 Å². The molecule has 0 bridgehead atoms. The third kappa shape index (κ3) is 1.37. The van der Waals surface area contributed by atoms with Crippen LogP contribution >= 0.6 is 0 Å². The molecule has 0 aliphatic heterocycles. The number of rotatable bonds is 2. The Bertz CT molecular complexity index is 725. The molecule has 0 amide bonds. The third-order valence-electron chi connectivity index (χ3n) is 3.25. The molecule has 1 aromatic heterocycles. The third-order valence-corrected chi connectivity index (χ3v) is 3.25. The molecule has 3 nitrogen and oxygen atoms in total. The van der Waals surface area contributed by atoms with Crippen molar-refractivity contribution < 1.29 is 13.9 Å². The van der Waals surface area contributed by atoms with Crippen LogP contribution in [0.25, 0.3) is 21.9 Å². The molecule has 0 atom stereocenters. The summed E-state index contributed by atoms with van der Waals surface area (Å²) in [5, 5.41) is 2.07. The predicted octanol–water partition coefficient (Wildman–Crippen LogP) is 3.91. The fraction of sp³-hybridized carbons (Fsp3) is 0.200. The second-order valence-electron chi connectivity index (χ2n) is 4.21. The molecule has 2 aromatic carbocycles. The van der Waals surface area contributed by atoms with E-state index in [1.165, 1.54) is 0 Å². The standard InChI is InChI=1S/C15H14O3/c1-9-12(16-2)8-13(17-3)14-10-6-4-5-7-11(10)18-15(9)14/h4-8H,1-3H3. The van der Waals surface area contributed by atoms with Crippen LogP contribution in [-0.2, 0) is 0 Å². The molecule has 92 valence electrons. The van der Waals surface area contributed by atoms with E-state index in [2.05, 4.69) is 0 Å². The number of furan rings is 1. The normalized spacial score (nSPS) is 11.1. The van der Waals surface area contributed by atoms with Crippen LogP contribution in [0.1, 0.15) is 5.56 Å². The van der Waals surface area contributed by atoms with E-state index >= 15 is 0 Å². The van der Waals surface area contributed by atoms with Crippen LogP contribution in [0.4, 0.5) is 0 Å². The van der Waals surface area contributed by atoms with Gasteiger partial charge in [-0.2, -0.15) is 0 Å². The first-order chi connectivity index (χ1) is 8.76. The SMILES string of the molecule is COc1cc(OC)c2c(oc3ccccc32)c1C. The highest BCUT2D eigenvalue weighted by molar-refractivity contribution is 6.09. The van der Waals surface area contributed by atoms with Crippen LogP contribution in [0, 0.1) is 6.92 Å². The van der Waals surface area contributed by atoms with E-state index in [-0.39, 0.29) is 0 Å². The molecule has 0 fully saturated rings. The maximum atomic E-state index is 5.91. The molecule has 0 radical (unpaired) electrons. The van der Waals surface area contributed by atoms with Crippen LogP contribution in [0.15, 0.2) is 34.7 Å². The number of hydrogen-bond acceptors (Lipinski definition) is 3. The van der Waals surface area contributed by atoms with Gasteiger partial charge in [0.2, 0.25) is 0 Å². The van der Waals surface area contributed by atoms with Crippen LogP contribution in [-0.4, -0.2) is 14.2 Å². The minimum Gasteiger partial charge on any atom is -0.496 e. The number of aryl methyl sites for hydroxylation is 1. The first-order valence-corrected chi connectivity index (χ1v) is 5.79. The van der Waals surface area contributed by atoms with E-state index in [0.29, 0.717) is 0 Å². The van der Waals surface area contributed by atoms with Gasteiger partial charge >= 0.3 is 0 Å². The van der Waals surface area contributed by atoms with E-state index in [1.54, 1.807) is 14.2 Å². The fourth-order valence-corrected chi connectivity index (χ4v) is 2.34. The van der Waals surface area contributed by atoms with Crippen molar-refractivity contribution in [3.8, 4) is 11.5 Å². The summed E-state index contributed by atoms with van der Waals surface area (Å²) < 4.78 is 16.7. The Morgan fingerprint density at radius 2 is 1.72 bits per heavy atom. The van der Waals surface area contributed by atoms with Gasteiger partial charge in [0, 0.05) is 17.0 Å². The maximum Gasteiger partial charge on any atom is 0.145 e. The Morgan fingerprint density at radius 3 is 2.44 bits per heavy atom. The van der Waals surface area contributed by atoms with E-state index in [1.807, 2.05) is 37.3 Å². The Hall–Kier alpha value is -2.16. The van der Waals surface area contributed by atoms with E-state index in [0.717, 1.165) is 39.0 Å². The first-order valence-electron chi connectivity index (χ1n) is 5.79. The lowest BCUT2D eigenvalue weighted by Gasteiger charge is -2.08. The van der Waals surface area contributed by atoms with Gasteiger partial charge in [-0.3, -0.25) is 0 Å². The predicted molar refractivity (Wildman–Crippen MR) is 71.6 cm³/mol. The number of para-hydroxylation sites is 1. The Kier molecular flexibility index (Phi) is 2.40. The molecular weight excluding hydrogens is 228 g/mol. The lowest BCUT2D eigenvalue weighted by atomic mass is 10.1. The molecule has 0 N–H and O–H groups in total. The lowest BCUT2D eigenvalue weighted by molar-refractivity contribution is 0.395. The average molecular weight is 242 g/mol. The summed E-state index contributed by atoms with van der Waals surface area (Å²) in [5.74, 6) is 1.55. The molecule has 0 saturated carbocycles. The zero-order chi connectivity index (χ0) is 12.7. The molecule has 18 heavy (non-hydrogen) atoms. The molecule has 0 saturated heterocycles. The summed E-state index contributed by atoms with van der Waals surface area (Å²) in [5.41, 5.74) is 2.68. The molecule has 3 aromatic rings. The quantitative estimate of drug-likeness (QED) is 0.682. The molecular formula is C15H14O3. The van der Waals surface area contributed by atoms with Crippen molar-refractivity contribution >= 4 is 21.9 Å². The summed E-state index contributed by atoms with van der Waals surface area (Å²) in [4.78, 5) is 0. The Labute approximate surface area is 105 Å². The smallest absolute Gasteiger partial charge is 0.145 e. The summed E-state index contributed by atoms with van der Waals surface area (Å²) >= 11 is 0. The first kappa shape index (κ1) is 11.0. The van der Waals surface area contributed by atoms with Crippen molar-refractivity contribution in [2.45, 2.75) is 6.92 Å². The van der Waals surface area contributed by atoms with Crippen molar-refractivity contribution in [2.24, 2.45) is 0 Å². The molecule has 3 rings (SSSR count). The number of benzene rings is 2. The monoisotopic (exact) mass is 242 g/mol. The number of fused-ring (bicyclic) bond motifs is 3. The van der Waals surface area contributed by atoms with Crippen LogP contribution < -0.4 is 9.47 Å². The second kappa shape index (κ2) is 3.95. The zero-order valence-corrected chi connectivity index (χ0v) is 10.6. The van der Waals surface area contributed by atoms with Crippen LogP contribution in [0.2, 0.25) is 0 Å². The van der Waals surface area contributed by atoms with Gasteiger partial charge in [-0.25, -0.2) is 0 Å². The van der Waals surface area contributed by atoms with Gasteiger partial charge in [-0.15, -0.1) is 0 Å². The molecule has 1 heterocycles. The van der Waals surface area contributed by atoms with E-state index in [4.69, 9.17) is 13.9 Å². The Morgan fingerprint density at radius 1 is 1.00 bits per heavy atom. The highest BCUT2D eigenvalue weighted by atomic mass is 16.5. The number of hydrogen-bond donors (Lipinski definition) is 0. The van der Waals surface area contributed by atoms with Crippen molar-refractivity contribution in [1.82, 2.24) is 0 Å². The van der Waals surface area contributed by atoms with E-state index < -0.39 is 0 Å². The summed E-state index contributed by atoms with van der Waals surface area (Å²) in [6.45, 7) is 1.99. The van der Waals surface area contributed by atoms with Crippen LogP contribution in [0.5, 0.6) is 11.5 Å². The van der Waals surface area contributed by atoms with Crippen molar-refractivity contribution in [3.63, 3.8) is 0 Å². The average Bonchev–Trinajstić information content (AvgIpc) is 2.80. The summed E-state index contributed by atoms with van der Waals surface area (Å²) in [6, 6.07) is 9.86. The van der Waals surface area contributed by atoms with Gasteiger partial charge in [0.25, 0.3) is 0 Å². The van der Waals surface area contributed by atoms with Crippen molar-refractivity contribution in [3.05, 3.63) is 35.9 Å². The molecule has 0 aliphatic carbocycles. The molecule has 3 heteroatoms. The van der Waals surface area contributed by atoms with Crippen LogP contribution in [0.3, 0.4) is 0 Å². The lowest BCUT2D eigenvalue weighted by Crippen LogP contribution is -1.91. The van der Waals surface area contributed by atoms with Crippen molar-refractivity contribution in [1.29, 1.82) is 0 Å². The second-order valence-corrected chi connectivity index (χ2v) is 4.21. The number of methoxy groups -OCH3 is 2. The topological polar surface area (TPSA) is 31.6 Å². The maximum absolute atomic E-state index is 5.91.